The number of likely N-dealkylation sites (tertiary alicyclic amines) is 2. The van der Waals surface area contributed by atoms with E-state index in [1.165, 1.54) is 23.5 Å². The van der Waals surface area contributed by atoms with Crippen molar-refractivity contribution >= 4 is 22.9 Å². The van der Waals surface area contributed by atoms with Crippen molar-refractivity contribution in [1.82, 2.24) is 34.3 Å². The number of carbonyl (C=O) groups is 1. The molecule has 2 aliphatic heterocycles. The molecule has 2 N–H and O–H groups in total. The van der Waals surface area contributed by atoms with Crippen LogP contribution < -0.4 is 5.32 Å². The summed E-state index contributed by atoms with van der Waals surface area (Å²) in [7, 11) is 0. The molecule has 2 aliphatic rings. The molecule has 0 spiro atoms. The van der Waals surface area contributed by atoms with E-state index in [0.717, 1.165) is 28.4 Å². The third-order valence-corrected chi connectivity index (χ3v) is 7.88. The number of carbonyl (C=O) groups excluding carboxylic acids is 1. The van der Waals surface area contributed by atoms with Crippen molar-refractivity contribution in [3.63, 3.8) is 0 Å². The minimum Gasteiger partial charge on any atom is -0.346 e. The standard InChI is InChI=1S/C27H26F3N9O/c28-27(29,30)21-2-1-9-32-24(21)36-25(40)37-11-5-19(6-12-37)38-15-26(16-38,7-8-31)39-13-4-18(14-39)22-20-3-10-33-23(20)35-17-34-22/h1-4,9-10,13-14,17,19H,5-7,11-12,15-16H2,(H,32,36,40)(H,33,34,35). The number of piperidine rings is 1. The Hall–Kier alpha value is -4.44. The van der Waals surface area contributed by atoms with Crippen molar-refractivity contribution < 1.29 is 18.0 Å². The Kier molecular flexibility index (Phi) is 6.42. The van der Waals surface area contributed by atoms with Gasteiger partial charge in [0, 0.05) is 68.0 Å². The second kappa shape index (κ2) is 9.95. The Morgan fingerprint density at radius 3 is 2.73 bits per heavy atom. The SMILES string of the molecule is N#CCC1(n2ccc(-c3ncnc4[nH]ccc34)c2)CN(C2CCN(C(=O)Nc3ncccc3C(F)(F)F)CC2)C1. The summed E-state index contributed by atoms with van der Waals surface area (Å²) >= 11 is 0. The van der Waals surface area contributed by atoms with Crippen molar-refractivity contribution in [2.75, 3.05) is 31.5 Å². The van der Waals surface area contributed by atoms with Gasteiger partial charge in [0.15, 0.2) is 0 Å². The van der Waals surface area contributed by atoms with Crippen LogP contribution >= 0.6 is 0 Å². The zero-order valence-corrected chi connectivity index (χ0v) is 21.4. The van der Waals surface area contributed by atoms with Crippen LogP contribution in [-0.4, -0.2) is 72.6 Å². The molecule has 0 saturated carbocycles. The smallest absolute Gasteiger partial charge is 0.346 e. The van der Waals surface area contributed by atoms with Gasteiger partial charge in [-0.1, -0.05) is 0 Å². The first kappa shape index (κ1) is 25.8. The number of H-pyrrole nitrogens is 1. The largest absolute Gasteiger partial charge is 0.419 e. The van der Waals surface area contributed by atoms with Crippen LogP contribution in [0, 0.1) is 11.3 Å². The number of nitriles is 1. The summed E-state index contributed by atoms with van der Waals surface area (Å²) in [5, 5.41) is 12.9. The maximum Gasteiger partial charge on any atom is 0.419 e. The average Bonchev–Trinajstić information content (AvgIpc) is 3.61. The number of halogens is 3. The Labute approximate surface area is 227 Å². The molecule has 4 aromatic heterocycles. The third kappa shape index (κ3) is 4.64. The maximum atomic E-state index is 13.3. The lowest BCUT2D eigenvalue weighted by molar-refractivity contribution is -0.137. The number of hydrogen-bond acceptors (Lipinski definition) is 6. The van der Waals surface area contributed by atoms with Gasteiger partial charge < -0.3 is 14.5 Å². The minimum atomic E-state index is -4.61. The topological polar surface area (TPSA) is 119 Å². The van der Waals surface area contributed by atoms with Crippen molar-refractivity contribution in [2.45, 2.75) is 37.0 Å². The van der Waals surface area contributed by atoms with Crippen LogP contribution in [0.1, 0.15) is 24.8 Å². The van der Waals surface area contributed by atoms with Crippen molar-refractivity contribution in [3.05, 3.63) is 60.9 Å². The first-order chi connectivity index (χ1) is 19.3. The van der Waals surface area contributed by atoms with E-state index in [1.54, 1.807) is 0 Å². The number of hydrogen-bond donors (Lipinski definition) is 2. The van der Waals surface area contributed by atoms with Crippen LogP contribution in [0.15, 0.2) is 55.4 Å². The Morgan fingerprint density at radius 1 is 1.18 bits per heavy atom. The molecule has 4 aromatic rings. The number of urea groups is 1. The van der Waals surface area contributed by atoms with Crippen LogP contribution in [0.3, 0.4) is 0 Å². The monoisotopic (exact) mass is 549 g/mol. The van der Waals surface area contributed by atoms with E-state index in [9.17, 15) is 23.2 Å². The number of rotatable bonds is 5. The highest BCUT2D eigenvalue weighted by atomic mass is 19.4. The number of pyridine rings is 1. The van der Waals surface area contributed by atoms with E-state index in [4.69, 9.17) is 0 Å². The number of fused-ring (bicyclic) bond motifs is 1. The zero-order valence-electron chi connectivity index (χ0n) is 21.4. The van der Waals surface area contributed by atoms with Gasteiger partial charge in [-0.2, -0.15) is 18.4 Å². The van der Waals surface area contributed by atoms with E-state index < -0.39 is 23.6 Å². The molecular weight excluding hydrogens is 523 g/mol. The molecule has 206 valence electrons. The quantitative estimate of drug-likeness (QED) is 0.380. The Balaban J connectivity index is 1.09. The number of amides is 2. The van der Waals surface area contributed by atoms with Crippen LogP contribution in [0.25, 0.3) is 22.3 Å². The minimum absolute atomic E-state index is 0.216. The van der Waals surface area contributed by atoms with Crippen LogP contribution in [0.2, 0.25) is 0 Å². The molecule has 6 heterocycles. The number of alkyl halides is 3. The van der Waals surface area contributed by atoms with Crippen molar-refractivity contribution in [2.24, 2.45) is 0 Å². The summed E-state index contributed by atoms with van der Waals surface area (Å²) < 4.78 is 41.9. The number of nitrogens with zero attached hydrogens (tertiary/aromatic N) is 7. The van der Waals surface area contributed by atoms with E-state index in [2.05, 4.69) is 40.8 Å². The first-order valence-electron chi connectivity index (χ1n) is 12.9. The highest BCUT2D eigenvalue weighted by Crippen LogP contribution is 2.38. The molecule has 0 aliphatic carbocycles. The molecule has 0 radical (unpaired) electrons. The molecule has 13 heteroatoms. The van der Waals surface area contributed by atoms with Gasteiger partial charge in [-0.05, 0) is 37.1 Å². The normalized spacial score (nSPS) is 17.9. The number of aromatic amines is 1. The highest BCUT2D eigenvalue weighted by Gasteiger charge is 2.47. The fourth-order valence-corrected chi connectivity index (χ4v) is 5.76. The zero-order chi connectivity index (χ0) is 27.9. The maximum absolute atomic E-state index is 13.3. The predicted molar refractivity (Wildman–Crippen MR) is 140 cm³/mol. The van der Waals surface area contributed by atoms with Gasteiger partial charge in [-0.25, -0.2) is 19.7 Å². The summed E-state index contributed by atoms with van der Waals surface area (Å²) in [6.45, 7) is 2.22. The lowest BCUT2D eigenvalue weighted by atomic mass is 9.83. The van der Waals surface area contributed by atoms with Crippen molar-refractivity contribution in [1.29, 1.82) is 5.26 Å². The lowest BCUT2D eigenvalue weighted by Gasteiger charge is -2.54. The molecule has 40 heavy (non-hydrogen) atoms. The lowest BCUT2D eigenvalue weighted by Crippen LogP contribution is -2.66. The molecule has 0 aromatic carbocycles. The van der Waals surface area contributed by atoms with Gasteiger partial charge in [0.05, 0.1) is 29.3 Å². The van der Waals surface area contributed by atoms with Gasteiger partial charge in [0.1, 0.15) is 17.8 Å². The molecular formula is C27H26F3N9O. The summed E-state index contributed by atoms with van der Waals surface area (Å²) in [6, 6.07) is 7.99. The summed E-state index contributed by atoms with van der Waals surface area (Å²) in [5.74, 6) is -0.489. The van der Waals surface area contributed by atoms with E-state index in [1.807, 2.05) is 30.7 Å². The molecule has 0 atom stereocenters. The summed E-state index contributed by atoms with van der Waals surface area (Å²) in [5.41, 5.74) is 1.20. The van der Waals surface area contributed by atoms with Gasteiger partial charge >= 0.3 is 12.2 Å². The fraction of sp³-hybridized carbons (Fsp3) is 0.370. The van der Waals surface area contributed by atoms with Gasteiger partial charge in [-0.15, -0.1) is 0 Å². The Bertz CT molecular complexity index is 1570. The first-order valence-corrected chi connectivity index (χ1v) is 12.9. The van der Waals surface area contributed by atoms with Gasteiger partial charge in [0.25, 0.3) is 0 Å². The van der Waals surface area contributed by atoms with E-state index >= 15 is 0 Å². The van der Waals surface area contributed by atoms with Gasteiger partial charge in [0.2, 0.25) is 0 Å². The number of aromatic nitrogens is 5. The van der Waals surface area contributed by atoms with Crippen LogP contribution in [-0.2, 0) is 11.7 Å². The average molecular weight is 550 g/mol. The van der Waals surface area contributed by atoms with Crippen LogP contribution in [0.5, 0.6) is 0 Å². The molecule has 0 bridgehead atoms. The summed E-state index contributed by atoms with van der Waals surface area (Å²) in [4.78, 5) is 32.1. The molecule has 10 nitrogen and oxygen atoms in total. The van der Waals surface area contributed by atoms with Crippen LogP contribution in [0.4, 0.5) is 23.8 Å². The number of anilines is 1. The molecule has 2 saturated heterocycles. The molecule has 6 rings (SSSR count). The second-order valence-electron chi connectivity index (χ2n) is 10.3. The predicted octanol–water partition coefficient (Wildman–Crippen LogP) is 4.46. The fourth-order valence-electron chi connectivity index (χ4n) is 5.76. The second-order valence-corrected chi connectivity index (χ2v) is 10.3. The van der Waals surface area contributed by atoms with Gasteiger partial charge in [-0.3, -0.25) is 10.2 Å². The van der Waals surface area contributed by atoms with Crippen molar-refractivity contribution in [3.8, 4) is 17.3 Å². The summed E-state index contributed by atoms with van der Waals surface area (Å²) in [6.07, 6.45) is 5.72. The molecule has 2 fully saturated rings. The molecule has 2 amide bonds. The third-order valence-electron chi connectivity index (χ3n) is 7.88. The Morgan fingerprint density at radius 2 is 1.98 bits per heavy atom. The number of nitrogens with one attached hydrogen (secondary N) is 2. The van der Waals surface area contributed by atoms with E-state index in [0.29, 0.717) is 45.4 Å². The van der Waals surface area contributed by atoms with E-state index in [-0.39, 0.29) is 11.6 Å². The molecule has 0 unspecified atom stereocenters. The highest BCUT2D eigenvalue weighted by molar-refractivity contribution is 5.90.